The van der Waals surface area contributed by atoms with Crippen molar-refractivity contribution in [1.82, 2.24) is 5.32 Å². The molecule has 5 rings (SSSR count). The number of hydrogen-bond donors (Lipinski definition) is 3. The van der Waals surface area contributed by atoms with Gasteiger partial charge in [0.25, 0.3) is 5.91 Å². The molecule has 9 heteroatoms. The summed E-state index contributed by atoms with van der Waals surface area (Å²) in [5, 5.41) is 14.8. The van der Waals surface area contributed by atoms with Crippen molar-refractivity contribution in [1.29, 1.82) is 0 Å². The molecule has 3 aromatic carbocycles. The lowest BCUT2D eigenvalue weighted by atomic mass is 9.93. The molecule has 3 aromatic rings. The summed E-state index contributed by atoms with van der Waals surface area (Å²) in [6.07, 6.45) is 5.30. The number of carbonyl (C=O) groups excluding carboxylic acids is 3. The predicted molar refractivity (Wildman–Crippen MR) is 163 cm³/mol. The first-order chi connectivity index (χ1) is 20.2. The molecule has 9 nitrogen and oxygen atoms in total. The maximum absolute atomic E-state index is 14.3. The van der Waals surface area contributed by atoms with Crippen molar-refractivity contribution in [2.45, 2.75) is 58.0 Å². The van der Waals surface area contributed by atoms with Crippen molar-refractivity contribution in [3.05, 3.63) is 89.0 Å². The number of aryl methyl sites for hydroxylation is 2. The third-order valence-electron chi connectivity index (χ3n) is 8.11. The third kappa shape index (κ3) is 6.30. The minimum Gasteiger partial charge on any atom is -0.478 e. The summed E-state index contributed by atoms with van der Waals surface area (Å²) in [5.74, 6) is -1.67. The van der Waals surface area contributed by atoms with E-state index in [0.29, 0.717) is 16.9 Å². The second-order valence-electron chi connectivity index (χ2n) is 11.1. The van der Waals surface area contributed by atoms with Gasteiger partial charge in [0.2, 0.25) is 0 Å². The average Bonchev–Trinajstić information content (AvgIpc) is 3.08. The number of nitrogens with one attached hydrogen (secondary N) is 2. The van der Waals surface area contributed by atoms with Crippen LogP contribution in [0.4, 0.5) is 21.9 Å². The summed E-state index contributed by atoms with van der Waals surface area (Å²) < 4.78 is 0. The maximum atomic E-state index is 14.3. The first-order valence-corrected chi connectivity index (χ1v) is 14.4. The highest BCUT2D eigenvalue weighted by atomic mass is 16.4. The minimum atomic E-state index is -1.11. The highest BCUT2D eigenvalue weighted by Crippen LogP contribution is 2.38. The summed E-state index contributed by atoms with van der Waals surface area (Å²) in [6.45, 7) is 3.90. The first-order valence-electron chi connectivity index (χ1n) is 14.4. The molecule has 0 aromatic heterocycles. The Morgan fingerprint density at radius 2 is 1.67 bits per heavy atom. The molecule has 0 radical (unpaired) electrons. The van der Waals surface area contributed by atoms with E-state index >= 15 is 0 Å². The van der Waals surface area contributed by atoms with E-state index in [0.717, 1.165) is 42.5 Å². The van der Waals surface area contributed by atoms with Crippen molar-refractivity contribution in [3.8, 4) is 0 Å². The Bertz CT molecular complexity index is 1510. The molecule has 3 amide bonds. The van der Waals surface area contributed by atoms with Gasteiger partial charge in [-0.25, -0.2) is 9.59 Å². The van der Waals surface area contributed by atoms with Crippen molar-refractivity contribution < 1.29 is 24.3 Å². The van der Waals surface area contributed by atoms with Crippen LogP contribution in [-0.2, 0) is 4.79 Å². The van der Waals surface area contributed by atoms with Crippen LogP contribution in [-0.4, -0.2) is 54.0 Å². The number of Topliss-reactive ketones (excluding diaryl/α,β-unsaturated/α-hetero) is 1. The van der Waals surface area contributed by atoms with E-state index in [1.54, 1.807) is 24.3 Å². The maximum Gasteiger partial charge on any atom is 0.335 e. The van der Waals surface area contributed by atoms with Crippen LogP contribution in [0.1, 0.15) is 63.9 Å². The highest BCUT2D eigenvalue weighted by Gasteiger charge is 2.38. The van der Waals surface area contributed by atoms with Crippen LogP contribution >= 0.6 is 0 Å². The number of hydrogen-bond acceptors (Lipinski definition) is 5. The normalized spacial score (nSPS) is 17.3. The van der Waals surface area contributed by atoms with Gasteiger partial charge in [-0.1, -0.05) is 55.7 Å². The Hall–Kier alpha value is -4.66. The van der Waals surface area contributed by atoms with Crippen molar-refractivity contribution >= 4 is 40.8 Å². The number of amides is 3. The number of fused-ring (bicyclic) bond motifs is 1. The van der Waals surface area contributed by atoms with E-state index in [9.17, 15) is 24.3 Å². The SMILES string of the molecule is Cc1ccc2c(c1)N(CC(=O)c1ccccc1C)C(=O)C(NC(=O)Nc1cccc(C(=O)O)c1)CN2C1CCCCC1. The van der Waals surface area contributed by atoms with Crippen molar-refractivity contribution in [2.24, 2.45) is 0 Å². The predicted octanol–water partition coefficient (Wildman–Crippen LogP) is 5.56. The number of urea groups is 1. The number of anilines is 3. The number of aromatic carboxylic acids is 1. The van der Waals surface area contributed by atoms with Crippen LogP contribution < -0.4 is 20.4 Å². The molecule has 2 aliphatic rings. The minimum absolute atomic E-state index is 0.0357. The topological polar surface area (TPSA) is 119 Å². The lowest BCUT2D eigenvalue weighted by Gasteiger charge is -2.37. The van der Waals surface area contributed by atoms with Gasteiger partial charge in [-0.2, -0.15) is 0 Å². The second-order valence-corrected chi connectivity index (χ2v) is 11.1. The summed E-state index contributed by atoms with van der Waals surface area (Å²) in [6, 6.07) is 17.8. The fourth-order valence-electron chi connectivity index (χ4n) is 5.95. The van der Waals surface area contributed by atoms with Gasteiger partial charge in [0, 0.05) is 23.8 Å². The average molecular weight is 569 g/mol. The van der Waals surface area contributed by atoms with E-state index in [4.69, 9.17) is 0 Å². The van der Waals surface area contributed by atoms with Gasteiger partial charge in [0.05, 0.1) is 23.5 Å². The fourth-order valence-corrected chi connectivity index (χ4v) is 5.95. The molecule has 1 saturated carbocycles. The van der Waals surface area contributed by atoms with Gasteiger partial charge >= 0.3 is 12.0 Å². The Morgan fingerprint density at radius 3 is 2.40 bits per heavy atom. The van der Waals surface area contributed by atoms with E-state index < -0.39 is 18.0 Å². The van der Waals surface area contributed by atoms with Gasteiger partial charge in [-0.3, -0.25) is 9.59 Å². The lowest BCUT2D eigenvalue weighted by Crippen LogP contribution is -2.55. The van der Waals surface area contributed by atoms with E-state index in [-0.39, 0.29) is 36.4 Å². The summed E-state index contributed by atoms with van der Waals surface area (Å²) in [7, 11) is 0. The molecular formula is C33H36N4O5. The Balaban J connectivity index is 1.49. The molecule has 0 bridgehead atoms. The smallest absolute Gasteiger partial charge is 0.335 e. The standard InChI is InChI=1S/C33H36N4O5/c1-21-15-16-28-29(17-21)37(20-30(38)26-14-7-6-9-22(26)2)31(39)27(19-36(28)25-12-4-3-5-13-25)35-33(42)34-24-11-8-10-23(18-24)32(40)41/h6-11,14-18,25,27H,3-5,12-13,19-20H2,1-2H3,(H,40,41)(H2,34,35,42). The number of rotatable bonds is 7. The molecule has 1 unspecified atom stereocenters. The molecule has 42 heavy (non-hydrogen) atoms. The van der Waals surface area contributed by atoms with Crippen LogP contribution in [0, 0.1) is 13.8 Å². The first kappa shape index (κ1) is 28.9. The lowest BCUT2D eigenvalue weighted by molar-refractivity contribution is -0.120. The Morgan fingerprint density at radius 1 is 0.905 bits per heavy atom. The third-order valence-corrected chi connectivity index (χ3v) is 8.11. The van der Waals surface area contributed by atoms with Gasteiger partial charge in [-0.05, 0) is 68.1 Å². The van der Waals surface area contributed by atoms with Crippen LogP contribution in [0.25, 0.3) is 0 Å². The highest BCUT2D eigenvalue weighted by molar-refractivity contribution is 6.10. The summed E-state index contributed by atoms with van der Waals surface area (Å²) in [5.41, 5.74) is 4.20. The molecule has 1 aliphatic carbocycles. The molecule has 218 valence electrons. The van der Waals surface area contributed by atoms with E-state index in [1.165, 1.54) is 23.5 Å². The Kier molecular flexibility index (Phi) is 8.56. The quantitative estimate of drug-likeness (QED) is 0.321. The number of carboxylic acid groups (broad SMARTS) is 1. The van der Waals surface area contributed by atoms with Gasteiger partial charge in [0.15, 0.2) is 5.78 Å². The molecule has 0 saturated heterocycles. The van der Waals surface area contributed by atoms with Crippen LogP contribution in [0.15, 0.2) is 66.7 Å². The molecule has 3 N–H and O–H groups in total. The molecule has 1 heterocycles. The van der Waals surface area contributed by atoms with Crippen molar-refractivity contribution in [2.75, 3.05) is 28.2 Å². The zero-order chi connectivity index (χ0) is 29.8. The molecule has 1 fully saturated rings. The fraction of sp³-hybridized carbons (Fsp3) is 0.333. The molecule has 1 atom stereocenters. The van der Waals surface area contributed by atoms with Gasteiger partial charge in [-0.15, -0.1) is 0 Å². The van der Waals surface area contributed by atoms with E-state index in [1.807, 2.05) is 44.2 Å². The number of carbonyl (C=O) groups is 4. The zero-order valence-corrected chi connectivity index (χ0v) is 23.9. The van der Waals surface area contributed by atoms with Crippen molar-refractivity contribution in [3.63, 3.8) is 0 Å². The Labute approximate surface area is 245 Å². The number of ketones is 1. The molecule has 0 spiro atoms. The summed E-state index contributed by atoms with van der Waals surface area (Å²) in [4.78, 5) is 56.2. The van der Waals surface area contributed by atoms with Crippen LogP contribution in [0.2, 0.25) is 0 Å². The van der Waals surface area contributed by atoms with Gasteiger partial charge < -0.3 is 25.5 Å². The largest absolute Gasteiger partial charge is 0.478 e. The van der Waals surface area contributed by atoms with E-state index in [2.05, 4.69) is 15.5 Å². The molecule has 1 aliphatic heterocycles. The second kappa shape index (κ2) is 12.5. The van der Waals surface area contributed by atoms with Crippen LogP contribution in [0.3, 0.4) is 0 Å². The number of nitrogens with zero attached hydrogens (tertiary/aromatic N) is 2. The van der Waals surface area contributed by atoms with Crippen LogP contribution in [0.5, 0.6) is 0 Å². The summed E-state index contributed by atoms with van der Waals surface area (Å²) >= 11 is 0. The zero-order valence-electron chi connectivity index (χ0n) is 23.9. The monoisotopic (exact) mass is 568 g/mol. The number of benzene rings is 3. The van der Waals surface area contributed by atoms with Gasteiger partial charge in [0.1, 0.15) is 6.04 Å². The molecular weight excluding hydrogens is 532 g/mol. The number of carboxylic acids is 1.